The first-order chi connectivity index (χ1) is 7.99. The minimum absolute atomic E-state index is 0.136. The topological polar surface area (TPSA) is 23.5 Å². The molecule has 1 N–H and O–H groups in total. The number of hydrogen-bond donors (Lipinski definition) is 1. The molecule has 0 saturated carbocycles. The lowest BCUT2D eigenvalue weighted by Gasteiger charge is -2.33. The first-order valence-corrected chi connectivity index (χ1v) is 6.39. The third-order valence-electron chi connectivity index (χ3n) is 3.59. The summed E-state index contributed by atoms with van der Waals surface area (Å²) in [7, 11) is 2.07. The van der Waals surface area contributed by atoms with E-state index in [0.717, 1.165) is 19.4 Å². The molecule has 2 nitrogen and oxygen atoms in total. The second kappa shape index (κ2) is 6.18. The van der Waals surface area contributed by atoms with E-state index in [9.17, 15) is 5.11 Å². The van der Waals surface area contributed by atoms with Crippen molar-refractivity contribution in [3.8, 4) is 0 Å². The third-order valence-corrected chi connectivity index (χ3v) is 3.59. The summed E-state index contributed by atoms with van der Waals surface area (Å²) < 4.78 is 0. The quantitative estimate of drug-likeness (QED) is 0.819. The van der Waals surface area contributed by atoms with Crippen LogP contribution in [0.15, 0.2) is 24.3 Å². The molecular weight excluding hydrogens is 210 g/mol. The van der Waals surface area contributed by atoms with Crippen LogP contribution >= 0.6 is 0 Å². The molecule has 0 aliphatic heterocycles. The molecule has 0 fully saturated rings. The fourth-order valence-corrected chi connectivity index (χ4v) is 1.66. The van der Waals surface area contributed by atoms with Gasteiger partial charge in [0.15, 0.2) is 0 Å². The summed E-state index contributed by atoms with van der Waals surface area (Å²) in [6.07, 6.45) is 2.13. The highest BCUT2D eigenvalue weighted by Gasteiger charge is 2.21. The highest BCUT2D eigenvalue weighted by molar-refractivity contribution is 5.22. The van der Waals surface area contributed by atoms with Crippen LogP contribution in [-0.2, 0) is 12.8 Å². The van der Waals surface area contributed by atoms with E-state index in [0.29, 0.717) is 0 Å². The number of hydrogen-bond acceptors (Lipinski definition) is 2. The van der Waals surface area contributed by atoms with Gasteiger partial charge in [-0.05, 0) is 44.9 Å². The average molecular weight is 235 g/mol. The van der Waals surface area contributed by atoms with Gasteiger partial charge in [0.1, 0.15) is 0 Å². The Bertz CT molecular complexity index is 329. The van der Waals surface area contributed by atoms with Crippen LogP contribution in [0, 0.1) is 0 Å². The summed E-state index contributed by atoms with van der Waals surface area (Å²) >= 11 is 0. The Hall–Kier alpha value is -0.860. The van der Waals surface area contributed by atoms with Crippen LogP contribution < -0.4 is 0 Å². The van der Waals surface area contributed by atoms with E-state index < -0.39 is 0 Å². The second-order valence-electron chi connectivity index (χ2n) is 5.31. The summed E-state index contributed by atoms with van der Waals surface area (Å²) in [5, 5.41) is 9.29. The van der Waals surface area contributed by atoms with Gasteiger partial charge >= 0.3 is 0 Å². The summed E-state index contributed by atoms with van der Waals surface area (Å²) in [5.41, 5.74) is 2.61. The minimum Gasteiger partial charge on any atom is -0.394 e. The Balaban J connectivity index is 2.50. The lowest BCUT2D eigenvalue weighted by atomic mass is 10.0. The molecule has 0 aliphatic rings. The second-order valence-corrected chi connectivity index (χ2v) is 5.31. The van der Waals surface area contributed by atoms with E-state index in [-0.39, 0.29) is 12.1 Å². The Morgan fingerprint density at radius 2 is 1.65 bits per heavy atom. The van der Waals surface area contributed by atoms with Crippen LogP contribution in [0.5, 0.6) is 0 Å². The molecule has 0 amide bonds. The van der Waals surface area contributed by atoms with Crippen molar-refractivity contribution in [2.45, 2.75) is 39.2 Å². The molecule has 0 spiro atoms. The number of aryl methyl sites for hydroxylation is 1. The average Bonchev–Trinajstić information content (AvgIpc) is 2.36. The fourth-order valence-electron chi connectivity index (χ4n) is 1.66. The maximum Gasteiger partial charge on any atom is 0.0609 e. The van der Waals surface area contributed by atoms with Gasteiger partial charge in [-0.25, -0.2) is 0 Å². The molecule has 1 aromatic carbocycles. The zero-order valence-corrected chi connectivity index (χ0v) is 11.5. The first kappa shape index (κ1) is 14.2. The van der Waals surface area contributed by atoms with Gasteiger partial charge in [0.25, 0.3) is 0 Å². The van der Waals surface area contributed by atoms with Gasteiger partial charge < -0.3 is 5.11 Å². The molecule has 0 saturated heterocycles. The number of benzene rings is 1. The van der Waals surface area contributed by atoms with Gasteiger partial charge in [-0.15, -0.1) is 0 Å². The van der Waals surface area contributed by atoms with Gasteiger partial charge in [-0.3, -0.25) is 4.90 Å². The molecular formula is C15H25NO. The largest absolute Gasteiger partial charge is 0.394 e. The van der Waals surface area contributed by atoms with Crippen molar-refractivity contribution < 1.29 is 5.11 Å². The SMILES string of the molecule is CCc1ccc(CCN(C)C(C)(C)CO)cc1. The van der Waals surface area contributed by atoms with Gasteiger partial charge in [0.2, 0.25) is 0 Å². The third kappa shape index (κ3) is 4.14. The zero-order chi connectivity index (χ0) is 12.9. The van der Waals surface area contributed by atoms with Crippen molar-refractivity contribution in [1.82, 2.24) is 4.90 Å². The van der Waals surface area contributed by atoms with Crippen LogP contribution in [0.2, 0.25) is 0 Å². The van der Waals surface area contributed by atoms with Gasteiger partial charge in [-0.2, -0.15) is 0 Å². The highest BCUT2D eigenvalue weighted by atomic mass is 16.3. The normalized spacial score (nSPS) is 12.1. The van der Waals surface area contributed by atoms with Crippen LogP contribution in [0.25, 0.3) is 0 Å². The van der Waals surface area contributed by atoms with E-state index in [1.807, 2.05) is 0 Å². The number of aliphatic hydroxyl groups excluding tert-OH is 1. The summed E-state index contributed by atoms with van der Waals surface area (Å²) in [5.74, 6) is 0. The summed E-state index contributed by atoms with van der Waals surface area (Å²) in [4.78, 5) is 2.21. The van der Waals surface area contributed by atoms with Crippen molar-refractivity contribution in [2.24, 2.45) is 0 Å². The van der Waals surface area contributed by atoms with Crippen LogP contribution in [-0.4, -0.2) is 35.7 Å². The molecule has 0 atom stereocenters. The number of likely N-dealkylation sites (N-methyl/N-ethyl adjacent to an activating group) is 1. The smallest absolute Gasteiger partial charge is 0.0609 e. The monoisotopic (exact) mass is 235 g/mol. The lowest BCUT2D eigenvalue weighted by molar-refractivity contribution is 0.0801. The molecule has 0 unspecified atom stereocenters. The van der Waals surface area contributed by atoms with E-state index in [4.69, 9.17) is 0 Å². The number of nitrogens with zero attached hydrogens (tertiary/aromatic N) is 1. The Morgan fingerprint density at radius 3 is 2.12 bits per heavy atom. The predicted octanol–water partition coefficient (Wildman–Crippen LogP) is 2.49. The molecule has 0 heterocycles. The first-order valence-electron chi connectivity index (χ1n) is 6.39. The maximum absolute atomic E-state index is 9.29. The van der Waals surface area contributed by atoms with Gasteiger partial charge in [-0.1, -0.05) is 31.2 Å². The fraction of sp³-hybridized carbons (Fsp3) is 0.600. The molecule has 0 aromatic heterocycles. The lowest BCUT2D eigenvalue weighted by Crippen LogP contribution is -2.45. The molecule has 0 bridgehead atoms. The van der Waals surface area contributed by atoms with Crippen LogP contribution in [0.4, 0.5) is 0 Å². The molecule has 1 rings (SSSR count). The minimum atomic E-state index is -0.136. The highest BCUT2D eigenvalue weighted by Crippen LogP contribution is 2.12. The van der Waals surface area contributed by atoms with Crippen molar-refractivity contribution >= 4 is 0 Å². The van der Waals surface area contributed by atoms with Gasteiger partial charge in [0, 0.05) is 12.1 Å². The summed E-state index contributed by atoms with van der Waals surface area (Å²) in [6.45, 7) is 7.46. The predicted molar refractivity (Wildman–Crippen MR) is 73.3 cm³/mol. The molecule has 0 aliphatic carbocycles. The van der Waals surface area contributed by atoms with Crippen molar-refractivity contribution in [2.75, 3.05) is 20.2 Å². The van der Waals surface area contributed by atoms with E-state index in [2.05, 4.69) is 57.0 Å². The van der Waals surface area contributed by atoms with E-state index >= 15 is 0 Å². The molecule has 17 heavy (non-hydrogen) atoms. The van der Waals surface area contributed by atoms with E-state index in [1.165, 1.54) is 11.1 Å². The molecule has 1 aromatic rings. The molecule has 96 valence electrons. The van der Waals surface area contributed by atoms with Crippen LogP contribution in [0.3, 0.4) is 0 Å². The summed E-state index contributed by atoms with van der Waals surface area (Å²) in [6, 6.07) is 8.82. The van der Waals surface area contributed by atoms with Gasteiger partial charge in [0.05, 0.1) is 6.61 Å². The molecule has 0 radical (unpaired) electrons. The number of rotatable bonds is 6. The Labute approximate surface area is 105 Å². The van der Waals surface area contributed by atoms with Crippen molar-refractivity contribution in [1.29, 1.82) is 0 Å². The van der Waals surface area contributed by atoms with Crippen molar-refractivity contribution in [3.63, 3.8) is 0 Å². The van der Waals surface area contributed by atoms with E-state index in [1.54, 1.807) is 0 Å². The number of aliphatic hydroxyl groups is 1. The van der Waals surface area contributed by atoms with Crippen LogP contribution in [0.1, 0.15) is 31.9 Å². The Kier molecular flexibility index (Phi) is 5.16. The maximum atomic E-state index is 9.29. The Morgan fingerprint density at radius 1 is 1.12 bits per heavy atom. The van der Waals surface area contributed by atoms with Crippen molar-refractivity contribution in [3.05, 3.63) is 35.4 Å². The zero-order valence-electron chi connectivity index (χ0n) is 11.5. The molecule has 2 heteroatoms. The standard InChI is InChI=1S/C15H25NO/c1-5-13-6-8-14(9-7-13)10-11-16(4)15(2,3)12-17/h6-9,17H,5,10-12H2,1-4H3.